The molecule has 0 aliphatic rings. The van der Waals surface area contributed by atoms with E-state index >= 15 is 0 Å². The van der Waals surface area contributed by atoms with Crippen molar-refractivity contribution in [2.45, 2.75) is 26.4 Å². The highest BCUT2D eigenvalue weighted by Gasteiger charge is 2.00. The Kier molecular flexibility index (Phi) is 5.43. The van der Waals surface area contributed by atoms with Crippen molar-refractivity contribution in [2.75, 3.05) is 6.54 Å². The second kappa shape index (κ2) is 7.52. The monoisotopic (exact) mass is 279 g/mol. The fraction of sp³-hybridized carbons (Fsp3) is 0.263. The summed E-state index contributed by atoms with van der Waals surface area (Å²) in [7, 11) is 0. The first-order valence-electron chi connectivity index (χ1n) is 7.19. The molecule has 0 aliphatic carbocycles. The van der Waals surface area contributed by atoms with Gasteiger partial charge in [0.2, 0.25) is 0 Å². The minimum atomic E-state index is 0.368. The van der Waals surface area contributed by atoms with Gasteiger partial charge in [0.1, 0.15) is 12.4 Å². The Labute approximate surface area is 126 Å². The van der Waals surface area contributed by atoms with Gasteiger partial charge in [0, 0.05) is 5.56 Å². The number of ether oxygens (including phenoxy) is 1. The normalized spacial score (nSPS) is 10.1. The molecular weight excluding hydrogens is 258 g/mol. The second-order valence-corrected chi connectivity index (χ2v) is 5.22. The molecule has 0 spiro atoms. The van der Waals surface area contributed by atoms with Gasteiger partial charge in [0.05, 0.1) is 6.54 Å². The quantitative estimate of drug-likeness (QED) is 0.866. The number of nitrogens with two attached hydrogens (primary N) is 1. The van der Waals surface area contributed by atoms with E-state index < -0.39 is 0 Å². The summed E-state index contributed by atoms with van der Waals surface area (Å²) in [5, 5.41) is 0. The minimum absolute atomic E-state index is 0.368. The molecule has 0 atom stereocenters. The molecule has 2 heteroatoms. The molecule has 0 aliphatic heterocycles. The second-order valence-electron chi connectivity index (χ2n) is 5.22. The van der Waals surface area contributed by atoms with Gasteiger partial charge in [-0.25, -0.2) is 0 Å². The Hall–Kier alpha value is -2.24. The predicted octanol–water partition coefficient (Wildman–Crippen LogP) is 3.70. The summed E-state index contributed by atoms with van der Waals surface area (Å²) in [5.74, 6) is 7.23. The van der Waals surface area contributed by atoms with Crippen LogP contribution in [0.3, 0.4) is 0 Å². The molecule has 2 nitrogen and oxygen atoms in total. The summed E-state index contributed by atoms with van der Waals surface area (Å²) in [5.41, 5.74) is 8.81. The lowest BCUT2D eigenvalue weighted by Crippen LogP contribution is -1.97. The Bertz CT molecular complexity index is 633. The van der Waals surface area contributed by atoms with E-state index in [2.05, 4.69) is 50.0 Å². The van der Waals surface area contributed by atoms with Crippen molar-refractivity contribution < 1.29 is 4.74 Å². The van der Waals surface area contributed by atoms with Crippen molar-refractivity contribution in [2.24, 2.45) is 5.73 Å². The van der Waals surface area contributed by atoms with Crippen molar-refractivity contribution in [1.29, 1.82) is 0 Å². The maximum absolute atomic E-state index is 5.81. The zero-order valence-electron chi connectivity index (χ0n) is 12.6. The summed E-state index contributed by atoms with van der Waals surface area (Å²) < 4.78 is 5.81. The molecule has 2 aromatic rings. The van der Waals surface area contributed by atoms with Crippen LogP contribution in [0.4, 0.5) is 0 Å². The van der Waals surface area contributed by atoms with E-state index in [1.54, 1.807) is 0 Å². The molecule has 2 N–H and O–H groups in total. The van der Waals surface area contributed by atoms with E-state index in [1.165, 1.54) is 5.56 Å². The Morgan fingerprint density at radius 2 is 1.86 bits per heavy atom. The number of rotatable bonds is 4. The van der Waals surface area contributed by atoms with E-state index in [0.717, 1.165) is 16.9 Å². The Morgan fingerprint density at radius 1 is 1.10 bits per heavy atom. The molecule has 21 heavy (non-hydrogen) atoms. The highest BCUT2D eigenvalue weighted by molar-refractivity contribution is 5.40. The van der Waals surface area contributed by atoms with Gasteiger partial charge >= 0.3 is 0 Å². The molecule has 0 aromatic heterocycles. The smallest absolute Gasteiger partial charge is 0.121 e. The van der Waals surface area contributed by atoms with Crippen molar-refractivity contribution in [3.05, 3.63) is 65.2 Å². The number of hydrogen-bond donors (Lipinski definition) is 1. The van der Waals surface area contributed by atoms with Crippen LogP contribution in [-0.4, -0.2) is 6.54 Å². The third kappa shape index (κ3) is 4.66. The van der Waals surface area contributed by atoms with Gasteiger partial charge in [0.25, 0.3) is 0 Å². The summed E-state index contributed by atoms with van der Waals surface area (Å²) in [6, 6.07) is 16.3. The van der Waals surface area contributed by atoms with Crippen molar-refractivity contribution >= 4 is 0 Å². The van der Waals surface area contributed by atoms with Crippen molar-refractivity contribution in [1.82, 2.24) is 0 Å². The predicted molar refractivity (Wildman–Crippen MR) is 87.2 cm³/mol. The van der Waals surface area contributed by atoms with Crippen LogP contribution in [0.1, 0.15) is 36.5 Å². The molecule has 0 unspecified atom stereocenters. The van der Waals surface area contributed by atoms with Crippen LogP contribution < -0.4 is 10.5 Å². The summed E-state index contributed by atoms with van der Waals surface area (Å²) in [6.07, 6.45) is 0. The lowest BCUT2D eigenvalue weighted by molar-refractivity contribution is 0.306. The van der Waals surface area contributed by atoms with E-state index in [-0.39, 0.29) is 0 Å². The van der Waals surface area contributed by atoms with Gasteiger partial charge < -0.3 is 10.5 Å². The lowest BCUT2D eigenvalue weighted by atomic mass is 10.0. The van der Waals surface area contributed by atoms with Crippen LogP contribution in [0, 0.1) is 11.8 Å². The van der Waals surface area contributed by atoms with Gasteiger partial charge in [-0.2, -0.15) is 0 Å². The molecule has 0 heterocycles. The SMILES string of the molecule is CC(C)c1ccc(COc2cccc(C#CCN)c2)cc1. The average Bonchev–Trinajstić information content (AvgIpc) is 2.52. The molecule has 0 bridgehead atoms. The zero-order valence-corrected chi connectivity index (χ0v) is 12.6. The third-order valence-electron chi connectivity index (χ3n) is 3.22. The molecule has 2 aromatic carbocycles. The minimum Gasteiger partial charge on any atom is -0.489 e. The maximum Gasteiger partial charge on any atom is 0.121 e. The Morgan fingerprint density at radius 3 is 2.52 bits per heavy atom. The molecule has 0 fully saturated rings. The first-order chi connectivity index (χ1) is 10.2. The average molecular weight is 279 g/mol. The summed E-state index contributed by atoms with van der Waals surface area (Å²) >= 11 is 0. The topological polar surface area (TPSA) is 35.2 Å². The molecule has 0 radical (unpaired) electrons. The van der Waals surface area contributed by atoms with Crippen molar-refractivity contribution in [3.63, 3.8) is 0 Å². The summed E-state index contributed by atoms with van der Waals surface area (Å²) in [4.78, 5) is 0. The maximum atomic E-state index is 5.81. The molecule has 0 saturated heterocycles. The summed E-state index contributed by atoms with van der Waals surface area (Å²) in [6.45, 7) is 5.32. The van der Waals surface area contributed by atoms with Crippen LogP contribution in [0.15, 0.2) is 48.5 Å². The van der Waals surface area contributed by atoms with Gasteiger partial charge in [-0.05, 0) is 35.2 Å². The highest BCUT2D eigenvalue weighted by atomic mass is 16.5. The van der Waals surface area contributed by atoms with Crippen molar-refractivity contribution in [3.8, 4) is 17.6 Å². The molecule has 2 rings (SSSR count). The molecule has 108 valence electrons. The van der Waals surface area contributed by atoms with Crippen LogP contribution in [0.25, 0.3) is 0 Å². The van der Waals surface area contributed by atoms with Crippen LogP contribution in [0.5, 0.6) is 5.75 Å². The van der Waals surface area contributed by atoms with E-state index in [0.29, 0.717) is 19.1 Å². The molecule has 0 amide bonds. The first kappa shape index (κ1) is 15.2. The van der Waals surface area contributed by atoms with Gasteiger partial charge in [-0.1, -0.05) is 56.0 Å². The third-order valence-corrected chi connectivity index (χ3v) is 3.22. The number of hydrogen-bond acceptors (Lipinski definition) is 2. The molecular formula is C19H21NO. The van der Waals surface area contributed by atoms with Crippen LogP contribution in [-0.2, 0) is 6.61 Å². The largest absolute Gasteiger partial charge is 0.489 e. The highest BCUT2D eigenvalue weighted by Crippen LogP contribution is 2.17. The van der Waals surface area contributed by atoms with Gasteiger partial charge in [0.15, 0.2) is 0 Å². The van der Waals surface area contributed by atoms with Gasteiger partial charge in [-0.15, -0.1) is 0 Å². The van der Waals surface area contributed by atoms with E-state index in [4.69, 9.17) is 10.5 Å². The van der Waals surface area contributed by atoms with E-state index in [1.807, 2.05) is 24.3 Å². The number of benzene rings is 2. The lowest BCUT2D eigenvalue weighted by Gasteiger charge is -2.09. The molecule has 0 saturated carbocycles. The zero-order chi connectivity index (χ0) is 15.1. The fourth-order valence-electron chi connectivity index (χ4n) is 1.98. The van der Waals surface area contributed by atoms with Gasteiger partial charge in [-0.3, -0.25) is 0 Å². The first-order valence-corrected chi connectivity index (χ1v) is 7.19. The van der Waals surface area contributed by atoms with Crippen LogP contribution in [0.2, 0.25) is 0 Å². The Balaban J connectivity index is 1.99. The van der Waals surface area contributed by atoms with E-state index in [9.17, 15) is 0 Å². The standard InChI is InChI=1S/C19H21NO/c1-15(2)18-10-8-17(9-11-18)14-21-19-7-3-5-16(13-19)6-4-12-20/h3,5,7-11,13,15H,12,14,20H2,1-2H3. The van der Waals surface area contributed by atoms with Crippen LogP contribution >= 0.6 is 0 Å². The fourth-order valence-corrected chi connectivity index (χ4v) is 1.98.